The van der Waals surface area contributed by atoms with Gasteiger partial charge in [-0.15, -0.1) is 0 Å². The fraction of sp³-hybridized carbons (Fsp3) is 0.333. The minimum atomic E-state index is -0.219. The highest BCUT2D eigenvalue weighted by atomic mass is 35.5. The van der Waals surface area contributed by atoms with Crippen molar-refractivity contribution in [2.75, 3.05) is 32.8 Å². The largest absolute Gasteiger partial charge is 0.379 e. The van der Waals surface area contributed by atoms with Crippen LogP contribution in [0.5, 0.6) is 0 Å². The fourth-order valence-electron chi connectivity index (χ4n) is 2.88. The molecule has 0 aliphatic carbocycles. The van der Waals surface area contributed by atoms with Gasteiger partial charge in [0.2, 0.25) is 0 Å². The highest BCUT2D eigenvalue weighted by Crippen LogP contribution is 2.23. The van der Waals surface area contributed by atoms with Crippen molar-refractivity contribution >= 4 is 29.1 Å². The van der Waals surface area contributed by atoms with E-state index in [0.717, 1.165) is 18.7 Å². The van der Waals surface area contributed by atoms with E-state index in [4.69, 9.17) is 27.9 Å². The minimum absolute atomic E-state index is 0.0348. The quantitative estimate of drug-likeness (QED) is 0.866. The molecule has 1 saturated heterocycles. The second kappa shape index (κ2) is 8.63. The first-order valence-corrected chi connectivity index (χ1v) is 8.85. The standard InChI is InChI=1S/C18H19Cl2N3O2/c19-14-3-4-15(16(20)10-14)18(24)22-12-17(13-2-1-5-21-11-13)23-6-8-25-9-7-23/h1-5,10-11,17H,6-9,12H2,(H,22,24). The van der Waals surface area contributed by atoms with E-state index >= 15 is 0 Å². The maximum atomic E-state index is 12.5. The first-order chi connectivity index (χ1) is 12.1. The summed E-state index contributed by atoms with van der Waals surface area (Å²) in [5, 5.41) is 3.82. The third kappa shape index (κ3) is 4.70. The molecule has 2 heterocycles. The van der Waals surface area contributed by atoms with E-state index in [1.165, 1.54) is 0 Å². The molecule has 3 rings (SSSR count). The van der Waals surface area contributed by atoms with Crippen molar-refractivity contribution in [1.82, 2.24) is 15.2 Å². The third-order valence-corrected chi connectivity index (χ3v) is 4.74. The number of rotatable bonds is 5. The van der Waals surface area contributed by atoms with E-state index in [0.29, 0.717) is 35.4 Å². The summed E-state index contributed by atoms with van der Waals surface area (Å²) >= 11 is 12.0. The zero-order chi connectivity index (χ0) is 17.6. The first kappa shape index (κ1) is 18.1. The van der Waals surface area contributed by atoms with Crippen LogP contribution in [-0.4, -0.2) is 48.6 Å². The molecular weight excluding hydrogens is 361 g/mol. The number of nitrogens with zero attached hydrogens (tertiary/aromatic N) is 2. The molecule has 132 valence electrons. The van der Waals surface area contributed by atoms with Gasteiger partial charge in [-0.1, -0.05) is 29.3 Å². The van der Waals surface area contributed by atoms with E-state index in [-0.39, 0.29) is 11.9 Å². The first-order valence-electron chi connectivity index (χ1n) is 8.10. The van der Waals surface area contributed by atoms with Crippen molar-refractivity contribution in [3.63, 3.8) is 0 Å². The number of nitrogens with one attached hydrogen (secondary N) is 1. The molecule has 2 aromatic rings. The second-order valence-electron chi connectivity index (χ2n) is 5.78. The molecule has 1 aromatic heterocycles. The lowest BCUT2D eigenvalue weighted by molar-refractivity contribution is 0.0161. The Hall–Kier alpha value is -1.66. The molecule has 25 heavy (non-hydrogen) atoms. The average molecular weight is 380 g/mol. The summed E-state index contributed by atoms with van der Waals surface area (Å²) in [7, 11) is 0. The highest BCUT2D eigenvalue weighted by molar-refractivity contribution is 6.36. The van der Waals surface area contributed by atoms with Gasteiger partial charge in [-0.2, -0.15) is 0 Å². The zero-order valence-electron chi connectivity index (χ0n) is 13.6. The van der Waals surface area contributed by atoms with Crippen LogP contribution in [0, 0.1) is 0 Å². The highest BCUT2D eigenvalue weighted by Gasteiger charge is 2.24. The van der Waals surface area contributed by atoms with Crippen LogP contribution in [0.25, 0.3) is 0 Å². The number of halogens is 2. The average Bonchev–Trinajstić information content (AvgIpc) is 2.63. The Kier molecular flexibility index (Phi) is 6.26. The lowest BCUT2D eigenvalue weighted by Gasteiger charge is -2.34. The number of hydrogen-bond acceptors (Lipinski definition) is 4. The van der Waals surface area contributed by atoms with Crippen LogP contribution >= 0.6 is 23.2 Å². The number of morpholine rings is 1. The van der Waals surface area contributed by atoms with Gasteiger partial charge in [0, 0.05) is 37.1 Å². The van der Waals surface area contributed by atoms with Crippen molar-refractivity contribution in [3.05, 3.63) is 63.9 Å². The summed E-state index contributed by atoms with van der Waals surface area (Å²) in [4.78, 5) is 19.0. The van der Waals surface area contributed by atoms with Crippen LogP contribution in [0.4, 0.5) is 0 Å². The van der Waals surface area contributed by atoms with Gasteiger partial charge in [-0.25, -0.2) is 0 Å². The molecule has 0 saturated carbocycles. The van der Waals surface area contributed by atoms with Gasteiger partial charge >= 0.3 is 0 Å². The minimum Gasteiger partial charge on any atom is -0.379 e. The summed E-state index contributed by atoms with van der Waals surface area (Å²) in [6, 6.07) is 8.82. The maximum absolute atomic E-state index is 12.5. The molecule has 5 nitrogen and oxygen atoms in total. The van der Waals surface area contributed by atoms with E-state index < -0.39 is 0 Å². The van der Waals surface area contributed by atoms with Gasteiger partial charge < -0.3 is 10.1 Å². The van der Waals surface area contributed by atoms with Crippen molar-refractivity contribution in [1.29, 1.82) is 0 Å². The molecule has 0 spiro atoms. The molecule has 1 atom stereocenters. The number of aromatic nitrogens is 1. The van der Waals surface area contributed by atoms with E-state index in [2.05, 4.69) is 15.2 Å². The number of ether oxygens (including phenoxy) is 1. The molecule has 0 bridgehead atoms. The van der Waals surface area contributed by atoms with Crippen molar-refractivity contribution in [3.8, 4) is 0 Å². The summed E-state index contributed by atoms with van der Waals surface area (Å²) in [6.07, 6.45) is 3.58. The molecular formula is C18H19Cl2N3O2. The number of pyridine rings is 1. The van der Waals surface area contributed by atoms with E-state index in [1.807, 2.05) is 18.3 Å². The molecule has 1 aliphatic heterocycles. The molecule has 1 N–H and O–H groups in total. The van der Waals surface area contributed by atoms with Crippen LogP contribution in [0.2, 0.25) is 10.0 Å². The summed E-state index contributed by atoms with van der Waals surface area (Å²) < 4.78 is 5.43. The van der Waals surface area contributed by atoms with Crippen LogP contribution in [-0.2, 0) is 4.74 Å². The predicted molar refractivity (Wildman–Crippen MR) is 98.2 cm³/mol. The monoisotopic (exact) mass is 379 g/mol. The normalized spacial score (nSPS) is 16.4. The third-order valence-electron chi connectivity index (χ3n) is 4.19. The molecule has 1 aromatic carbocycles. The number of benzene rings is 1. The number of hydrogen-bond donors (Lipinski definition) is 1. The van der Waals surface area contributed by atoms with Gasteiger partial charge in [0.25, 0.3) is 5.91 Å². The van der Waals surface area contributed by atoms with E-state index in [1.54, 1.807) is 24.4 Å². The summed E-state index contributed by atoms with van der Waals surface area (Å²) in [6.45, 7) is 3.47. The van der Waals surface area contributed by atoms with Crippen LogP contribution in [0.15, 0.2) is 42.7 Å². The Morgan fingerprint density at radius 3 is 2.76 bits per heavy atom. The summed E-state index contributed by atoms with van der Waals surface area (Å²) in [5.74, 6) is -0.219. The van der Waals surface area contributed by atoms with Gasteiger partial charge in [0.1, 0.15) is 0 Å². The number of carbonyl (C=O) groups excluding carboxylic acids is 1. The Morgan fingerprint density at radius 1 is 1.28 bits per heavy atom. The second-order valence-corrected chi connectivity index (χ2v) is 6.63. The van der Waals surface area contributed by atoms with Crippen molar-refractivity contribution < 1.29 is 9.53 Å². The topological polar surface area (TPSA) is 54.5 Å². The van der Waals surface area contributed by atoms with Crippen molar-refractivity contribution in [2.45, 2.75) is 6.04 Å². The van der Waals surface area contributed by atoms with E-state index in [9.17, 15) is 4.79 Å². The van der Waals surface area contributed by atoms with Gasteiger partial charge in [-0.3, -0.25) is 14.7 Å². The predicted octanol–water partition coefficient (Wildman–Crippen LogP) is 3.19. The SMILES string of the molecule is O=C(NCC(c1cccnc1)N1CCOCC1)c1ccc(Cl)cc1Cl. The van der Waals surface area contributed by atoms with Crippen LogP contribution in [0.3, 0.4) is 0 Å². The zero-order valence-corrected chi connectivity index (χ0v) is 15.1. The van der Waals surface area contributed by atoms with Crippen LogP contribution in [0.1, 0.15) is 22.0 Å². The van der Waals surface area contributed by atoms with Gasteiger partial charge in [-0.05, 0) is 29.8 Å². The fourth-order valence-corrected chi connectivity index (χ4v) is 3.37. The Balaban J connectivity index is 1.72. The lowest BCUT2D eigenvalue weighted by atomic mass is 10.1. The molecule has 1 amide bonds. The molecule has 1 aliphatic rings. The summed E-state index contributed by atoms with van der Waals surface area (Å²) in [5.41, 5.74) is 1.48. The van der Waals surface area contributed by atoms with Crippen LogP contribution < -0.4 is 5.32 Å². The lowest BCUT2D eigenvalue weighted by Crippen LogP contribution is -2.43. The Bertz CT molecular complexity index is 722. The smallest absolute Gasteiger partial charge is 0.252 e. The molecule has 0 radical (unpaired) electrons. The molecule has 7 heteroatoms. The van der Waals surface area contributed by atoms with Gasteiger partial charge in [0.05, 0.1) is 29.8 Å². The van der Waals surface area contributed by atoms with Gasteiger partial charge in [0.15, 0.2) is 0 Å². The van der Waals surface area contributed by atoms with Crippen molar-refractivity contribution in [2.24, 2.45) is 0 Å². The Morgan fingerprint density at radius 2 is 2.08 bits per heavy atom. The maximum Gasteiger partial charge on any atom is 0.252 e. The molecule has 1 fully saturated rings. The number of amides is 1. The molecule has 1 unspecified atom stereocenters. The number of carbonyl (C=O) groups is 1. The Labute approximate surface area is 156 Å².